The summed E-state index contributed by atoms with van der Waals surface area (Å²) in [5, 5.41) is 18.6. The maximum atomic E-state index is 11.9. The summed E-state index contributed by atoms with van der Waals surface area (Å²) in [5.41, 5.74) is 1.85. The van der Waals surface area contributed by atoms with E-state index in [1.54, 1.807) is 6.07 Å². The second-order valence-corrected chi connectivity index (χ2v) is 5.93. The van der Waals surface area contributed by atoms with Gasteiger partial charge in [0.2, 0.25) is 0 Å². The third-order valence-corrected chi connectivity index (χ3v) is 3.63. The number of hydrogen-bond acceptors (Lipinski definition) is 6. The van der Waals surface area contributed by atoms with Gasteiger partial charge in [-0.1, -0.05) is 26.0 Å². The molecule has 0 fully saturated rings. The lowest BCUT2D eigenvalue weighted by Crippen LogP contribution is -2.19. The summed E-state index contributed by atoms with van der Waals surface area (Å²) in [6.07, 6.45) is 0. The quantitative estimate of drug-likeness (QED) is 0.491. The van der Waals surface area contributed by atoms with E-state index in [1.165, 1.54) is 6.07 Å². The van der Waals surface area contributed by atoms with Crippen molar-refractivity contribution in [2.24, 2.45) is 0 Å². The number of benzene rings is 2. The first-order valence-electron chi connectivity index (χ1n) is 7.78. The second-order valence-electron chi connectivity index (χ2n) is 5.93. The van der Waals surface area contributed by atoms with Gasteiger partial charge < -0.3 is 19.7 Å². The Labute approximate surface area is 145 Å². The highest BCUT2D eigenvalue weighted by atomic mass is 16.6. The summed E-state index contributed by atoms with van der Waals surface area (Å²) >= 11 is 0. The molecule has 132 valence electrons. The van der Waals surface area contributed by atoms with Crippen LogP contribution < -0.4 is 4.74 Å². The van der Waals surface area contributed by atoms with Gasteiger partial charge in [-0.25, -0.2) is 9.59 Å². The molecule has 0 spiro atoms. The molecule has 2 aromatic carbocycles. The van der Waals surface area contributed by atoms with E-state index in [9.17, 15) is 19.8 Å². The van der Waals surface area contributed by atoms with Crippen molar-refractivity contribution in [3.05, 3.63) is 53.1 Å². The van der Waals surface area contributed by atoms with E-state index < -0.39 is 24.3 Å². The van der Waals surface area contributed by atoms with E-state index in [4.69, 9.17) is 9.47 Å². The summed E-state index contributed by atoms with van der Waals surface area (Å²) in [4.78, 5) is 23.8. The molecule has 0 heterocycles. The molecule has 0 saturated heterocycles. The number of rotatable bonds is 5. The van der Waals surface area contributed by atoms with Crippen molar-refractivity contribution in [3.63, 3.8) is 0 Å². The molecule has 25 heavy (non-hydrogen) atoms. The number of aromatic hydroxyl groups is 2. The van der Waals surface area contributed by atoms with Crippen molar-refractivity contribution in [2.75, 3.05) is 6.61 Å². The molecule has 0 saturated carbocycles. The van der Waals surface area contributed by atoms with E-state index in [1.807, 2.05) is 32.9 Å². The Morgan fingerprint density at radius 3 is 2.40 bits per heavy atom. The third kappa shape index (κ3) is 4.73. The molecule has 0 aromatic heterocycles. The molecule has 0 bridgehead atoms. The highest BCUT2D eigenvalue weighted by Crippen LogP contribution is 2.26. The average Bonchev–Trinajstić information content (AvgIpc) is 2.57. The normalized spacial score (nSPS) is 10.6. The lowest BCUT2D eigenvalue weighted by Gasteiger charge is -2.12. The van der Waals surface area contributed by atoms with Gasteiger partial charge >= 0.3 is 11.9 Å². The first-order chi connectivity index (χ1) is 11.8. The van der Waals surface area contributed by atoms with Crippen LogP contribution in [0.1, 0.15) is 41.3 Å². The number of phenols is 2. The average molecular weight is 344 g/mol. The van der Waals surface area contributed by atoms with Gasteiger partial charge in [-0.15, -0.1) is 0 Å². The predicted octanol–water partition coefficient (Wildman–Crippen LogP) is 3.29. The molecule has 0 aliphatic rings. The van der Waals surface area contributed by atoms with E-state index in [0.29, 0.717) is 5.75 Å². The highest BCUT2D eigenvalue weighted by Gasteiger charge is 2.15. The molecule has 6 nitrogen and oxygen atoms in total. The molecule has 0 radical (unpaired) electrons. The minimum absolute atomic E-state index is 0.0149. The van der Waals surface area contributed by atoms with Crippen LogP contribution in [0.15, 0.2) is 36.4 Å². The van der Waals surface area contributed by atoms with Crippen LogP contribution in [0, 0.1) is 6.92 Å². The van der Waals surface area contributed by atoms with Crippen LogP contribution in [0.5, 0.6) is 17.2 Å². The van der Waals surface area contributed by atoms with Crippen LogP contribution in [0.3, 0.4) is 0 Å². The molecule has 0 unspecified atom stereocenters. The lowest BCUT2D eigenvalue weighted by molar-refractivity contribution is -0.137. The van der Waals surface area contributed by atoms with Crippen molar-refractivity contribution in [2.45, 2.75) is 26.7 Å². The van der Waals surface area contributed by atoms with Gasteiger partial charge in [0, 0.05) is 0 Å². The highest BCUT2D eigenvalue weighted by molar-refractivity contribution is 5.91. The number of esters is 2. The molecular formula is C19H20O6. The minimum atomic E-state index is -0.806. The van der Waals surface area contributed by atoms with Gasteiger partial charge in [0.15, 0.2) is 18.1 Å². The van der Waals surface area contributed by atoms with Crippen LogP contribution in [-0.4, -0.2) is 28.8 Å². The van der Waals surface area contributed by atoms with Crippen molar-refractivity contribution in [3.8, 4) is 17.2 Å². The standard InChI is InChI=1S/C19H20O6/c1-11(2)13-5-4-12(3)17(9-13)25-18(22)10-24-19(23)14-6-7-15(20)16(21)8-14/h4-9,11,20-21H,10H2,1-3H3. The van der Waals surface area contributed by atoms with Crippen LogP contribution in [0.4, 0.5) is 0 Å². The summed E-state index contributed by atoms with van der Waals surface area (Å²) < 4.78 is 10.1. The maximum Gasteiger partial charge on any atom is 0.349 e. The smallest absolute Gasteiger partial charge is 0.349 e. The lowest BCUT2D eigenvalue weighted by atomic mass is 10.0. The zero-order valence-corrected chi connectivity index (χ0v) is 14.3. The molecular weight excluding hydrogens is 324 g/mol. The Morgan fingerprint density at radius 2 is 1.76 bits per heavy atom. The first-order valence-corrected chi connectivity index (χ1v) is 7.78. The summed E-state index contributed by atoms with van der Waals surface area (Å²) in [7, 11) is 0. The van der Waals surface area contributed by atoms with Crippen LogP contribution in [-0.2, 0) is 9.53 Å². The molecule has 6 heteroatoms. The number of carbonyl (C=O) groups excluding carboxylic acids is 2. The SMILES string of the molecule is Cc1ccc(C(C)C)cc1OC(=O)COC(=O)c1ccc(O)c(O)c1. The van der Waals surface area contributed by atoms with Gasteiger partial charge in [0.1, 0.15) is 5.75 Å². The molecule has 0 aliphatic carbocycles. The first kappa shape index (κ1) is 18.3. The van der Waals surface area contributed by atoms with Gasteiger partial charge in [-0.2, -0.15) is 0 Å². The Kier molecular flexibility index (Phi) is 5.64. The number of aryl methyl sites for hydroxylation is 1. The molecule has 2 aromatic rings. The van der Waals surface area contributed by atoms with Crippen molar-refractivity contribution < 1.29 is 29.3 Å². The number of phenolic OH excluding ortho intramolecular Hbond substituents is 2. The fraction of sp³-hybridized carbons (Fsp3) is 0.263. The van der Waals surface area contributed by atoms with E-state index in [-0.39, 0.29) is 17.2 Å². The van der Waals surface area contributed by atoms with E-state index in [2.05, 4.69) is 0 Å². The molecule has 0 aliphatic heterocycles. The Hall–Kier alpha value is -3.02. The molecule has 2 N–H and O–H groups in total. The number of ether oxygens (including phenoxy) is 2. The largest absolute Gasteiger partial charge is 0.504 e. The number of carbonyl (C=O) groups is 2. The van der Waals surface area contributed by atoms with E-state index >= 15 is 0 Å². The Morgan fingerprint density at radius 1 is 1.04 bits per heavy atom. The van der Waals surface area contributed by atoms with Crippen molar-refractivity contribution >= 4 is 11.9 Å². The topological polar surface area (TPSA) is 93.1 Å². The Balaban J connectivity index is 1.97. The second kappa shape index (κ2) is 7.70. The predicted molar refractivity (Wildman–Crippen MR) is 91.0 cm³/mol. The van der Waals surface area contributed by atoms with Crippen LogP contribution in [0.25, 0.3) is 0 Å². The zero-order chi connectivity index (χ0) is 18.6. The minimum Gasteiger partial charge on any atom is -0.504 e. The molecule has 0 amide bonds. The summed E-state index contributed by atoms with van der Waals surface area (Å²) in [6, 6.07) is 9.11. The van der Waals surface area contributed by atoms with Crippen LogP contribution >= 0.6 is 0 Å². The summed E-state index contributed by atoms with van der Waals surface area (Å²) in [5.74, 6) is -1.59. The van der Waals surface area contributed by atoms with Crippen molar-refractivity contribution in [1.82, 2.24) is 0 Å². The molecule has 0 atom stereocenters. The molecule has 2 rings (SSSR count). The third-order valence-electron chi connectivity index (χ3n) is 3.63. The fourth-order valence-electron chi connectivity index (χ4n) is 2.10. The van der Waals surface area contributed by atoms with Gasteiger partial charge in [0.05, 0.1) is 5.56 Å². The zero-order valence-electron chi connectivity index (χ0n) is 14.3. The van der Waals surface area contributed by atoms with E-state index in [0.717, 1.165) is 23.3 Å². The van der Waals surface area contributed by atoms with Gasteiger partial charge in [-0.3, -0.25) is 0 Å². The Bertz CT molecular complexity index is 794. The monoisotopic (exact) mass is 344 g/mol. The fourth-order valence-corrected chi connectivity index (χ4v) is 2.10. The van der Waals surface area contributed by atoms with Gasteiger partial charge in [0.25, 0.3) is 0 Å². The van der Waals surface area contributed by atoms with Crippen molar-refractivity contribution in [1.29, 1.82) is 0 Å². The van der Waals surface area contributed by atoms with Gasteiger partial charge in [-0.05, 0) is 48.2 Å². The number of hydrogen-bond donors (Lipinski definition) is 2. The summed E-state index contributed by atoms with van der Waals surface area (Å²) in [6.45, 7) is 5.32. The van der Waals surface area contributed by atoms with Crippen LogP contribution in [0.2, 0.25) is 0 Å². The maximum absolute atomic E-state index is 11.9.